The molecule has 0 N–H and O–H groups in total. The molecule has 1 aromatic rings. The van der Waals surface area contributed by atoms with Gasteiger partial charge in [0.05, 0.1) is 0 Å². The summed E-state index contributed by atoms with van der Waals surface area (Å²) in [7, 11) is 0. The van der Waals surface area contributed by atoms with Gasteiger partial charge in [-0.05, 0) is 30.7 Å². The third-order valence-electron chi connectivity index (χ3n) is 3.98. The Bertz CT molecular complexity index is 499. The van der Waals surface area contributed by atoms with E-state index in [1.54, 1.807) is 4.90 Å². The van der Waals surface area contributed by atoms with E-state index in [2.05, 4.69) is 13.8 Å². The summed E-state index contributed by atoms with van der Waals surface area (Å²) in [6, 6.07) is 9.11. The predicted molar refractivity (Wildman–Crippen MR) is 96.4 cm³/mol. The summed E-state index contributed by atoms with van der Waals surface area (Å²) < 4.78 is 5.45. The molecule has 1 aromatic carbocycles. The van der Waals surface area contributed by atoms with Crippen molar-refractivity contribution in [1.29, 1.82) is 0 Å². The summed E-state index contributed by atoms with van der Waals surface area (Å²) in [5.41, 5.74) is 0.953. The van der Waals surface area contributed by atoms with Gasteiger partial charge in [-0.2, -0.15) is 0 Å². The van der Waals surface area contributed by atoms with Gasteiger partial charge in [0, 0.05) is 13.0 Å². The Morgan fingerprint density at radius 1 is 1.12 bits per heavy atom. The minimum Gasteiger partial charge on any atom is -0.459 e. The molecule has 4 nitrogen and oxygen atoms in total. The molecule has 1 rings (SSSR count). The van der Waals surface area contributed by atoms with Crippen LogP contribution in [0.3, 0.4) is 0 Å². The standard InChI is InChI=1S/C20H31NO3/c1-5-14-21(19(22)13-12-16(3)4)18(6-2)20(23)24-15-17-10-8-7-9-11-17/h7-11,16,18H,5-6,12-15H2,1-4H3. The zero-order valence-corrected chi connectivity index (χ0v) is 15.5. The molecule has 1 amide bonds. The van der Waals surface area contributed by atoms with E-state index in [1.807, 2.05) is 44.2 Å². The van der Waals surface area contributed by atoms with Gasteiger partial charge in [-0.25, -0.2) is 4.79 Å². The Hall–Kier alpha value is -1.84. The minimum atomic E-state index is -0.492. The normalized spacial score (nSPS) is 12.0. The zero-order valence-electron chi connectivity index (χ0n) is 15.5. The second-order valence-corrected chi connectivity index (χ2v) is 6.54. The van der Waals surface area contributed by atoms with Crippen LogP contribution >= 0.6 is 0 Å². The van der Waals surface area contributed by atoms with Gasteiger partial charge in [-0.1, -0.05) is 58.0 Å². The first-order valence-electron chi connectivity index (χ1n) is 8.99. The maximum atomic E-state index is 12.5. The highest BCUT2D eigenvalue weighted by Gasteiger charge is 2.28. The maximum absolute atomic E-state index is 12.5. The van der Waals surface area contributed by atoms with Gasteiger partial charge < -0.3 is 9.64 Å². The summed E-state index contributed by atoms with van der Waals surface area (Å²) in [6.07, 6.45) is 2.73. The van der Waals surface area contributed by atoms with E-state index in [0.29, 0.717) is 25.3 Å². The number of carbonyl (C=O) groups is 2. The summed E-state index contributed by atoms with van der Waals surface area (Å²) >= 11 is 0. The lowest BCUT2D eigenvalue weighted by atomic mass is 10.1. The monoisotopic (exact) mass is 333 g/mol. The number of rotatable bonds is 10. The Balaban J connectivity index is 2.69. The van der Waals surface area contributed by atoms with Crippen molar-refractivity contribution in [2.75, 3.05) is 6.54 Å². The lowest BCUT2D eigenvalue weighted by Gasteiger charge is -2.29. The van der Waals surface area contributed by atoms with E-state index in [0.717, 1.165) is 18.4 Å². The third kappa shape index (κ3) is 6.73. The van der Waals surface area contributed by atoms with Crippen molar-refractivity contribution in [2.45, 2.75) is 66.0 Å². The Morgan fingerprint density at radius 3 is 2.33 bits per heavy atom. The van der Waals surface area contributed by atoms with Crippen molar-refractivity contribution in [3.63, 3.8) is 0 Å². The number of nitrogens with zero attached hydrogens (tertiary/aromatic N) is 1. The Kier molecular flexibility index (Phi) is 9.13. The molecule has 0 aliphatic heterocycles. The average Bonchev–Trinajstić information content (AvgIpc) is 2.58. The molecule has 0 bridgehead atoms. The van der Waals surface area contributed by atoms with Crippen LogP contribution in [0.15, 0.2) is 30.3 Å². The third-order valence-corrected chi connectivity index (χ3v) is 3.98. The van der Waals surface area contributed by atoms with E-state index in [9.17, 15) is 9.59 Å². The molecular formula is C20H31NO3. The molecule has 0 aliphatic rings. The van der Waals surface area contributed by atoms with E-state index in [1.165, 1.54) is 0 Å². The zero-order chi connectivity index (χ0) is 17.9. The van der Waals surface area contributed by atoms with E-state index in [4.69, 9.17) is 4.74 Å². The SMILES string of the molecule is CCCN(C(=O)CCC(C)C)C(CC)C(=O)OCc1ccccc1. The van der Waals surface area contributed by atoms with Crippen molar-refractivity contribution < 1.29 is 14.3 Å². The van der Waals surface area contributed by atoms with E-state index < -0.39 is 6.04 Å². The highest BCUT2D eigenvalue weighted by Crippen LogP contribution is 2.14. The number of ether oxygens (including phenoxy) is 1. The number of hydrogen-bond donors (Lipinski definition) is 0. The molecule has 0 saturated carbocycles. The average molecular weight is 333 g/mol. The quantitative estimate of drug-likeness (QED) is 0.603. The summed E-state index contributed by atoms with van der Waals surface area (Å²) in [5, 5.41) is 0. The largest absolute Gasteiger partial charge is 0.459 e. The van der Waals surface area contributed by atoms with Gasteiger partial charge >= 0.3 is 5.97 Å². The van der Waals surface area contributed by atoms with Gasteiger partial charge in [0.25, 0.3) is 0 Å². The number of carbonyl (C=O) groups excluding carboxylic acids is 2. The van der Waals surface area contributed by atoms with Gasteiger partial charge in [0.15, 0.2) is 0 Å². The second kappa shape index (κ2) is 10.8. The van der Waals surface area contributed by atoms with Gasteiger partial charge in [0.2, 0.25) is 5.91 Å². The van der Waals surface area contributed by atoms with Crippen LogP contribution in [-0.4, -0.2) is 29.4 Å². The fraction of sp³-hybridized carbons (Fsp3) is 0.600. The lowest BCUT2D eigenvalue weighted by molar-refractivity contribution is -0.156. The summed E-state index contributed by atoms with van der Waals surface area (Å²) in [4.78, 5) is 26.7. The predicted octanol–water partition coefficient (Wildman–Crippen LogP) is 4.18. The van der Waals surface area contributed by atoms with E-state index >= 15 is 0 Å². The number of amides is 1. The van der Waals surface area contributed by atoms with Gasteiger partial charge in [0.1, 0.15) is 12.6 Å². The summed E-state index contributed by atoms with van der Waals surface area (Å²) in [6.45, 7) is 8.98. The number of esters is 1. The van der Waals surface area contributed by atoms with Crippen molar-refractivity contribution in [3.05, 3.63) is 35.9 Å². The van der Waals surface area contributed by atoms with Crippen molar-refractivity contribution >= 4 is 11.9 Å². The molecule has 0 fully saturated rings. The molecule has 134 valence electrons. The first-order chi connectivity index (χ1) is 11.5. The van der Waals surface area contributed by atoms with Gasteiger partial charge in [-0.15, -0.1) is 0 Å². The molecule has 1 atom stereocenters. The van der Waals surface area contributed by atoms with Crippen LogP contribution in [-0.2, 0) is 20.9 Å². The summed E-state index contributed by atoms with van der Waals surface area (Å²) in [5.74, 6) is 0.212. The fourth-order valence-corrected chi connectivity index (χ4v) is 2.59. The highest BCUT2D eigenvalue weighted by atomic mass is 16.5. The molecule has 1 unspecified atom stereocenters. The van der Waals surface area contributed by atoms with Crippen LogP contribution in [0.25, 0.3) is 0 Å². The van der Waals surface area contributed by atoms with Crippen molar-refractivity contribution in [1.82, 2.24) is 4.90 Å². The molecular weight excluding hydrogens is 302 g/mol. The first kappa shape index (κ1) is 20.2. The van der Waals surface area contributed by atoms with Crippen molar-refractivity contribution in [2.24, 2.45) is 5.92 Å². The topological polar surface area (TPSA) is 46.6 Å². The van der Waals surface area contributed by atoms with Crippen LogP contribution in [0, 0.1) is 5.92 Å². The first-order valence-corrected chi connectivity index (χ1v) is 8.99. The van der Waals surface area contributed by atoms with Crippen LogP contribution in [0.5, 0.6) is 0 Å². The number of benzene rings is 1. The smallest absolute Gasteiger partial charge is 0.329 e. The fourth-order valence-electron chi connectivity index (χ4n) is 2.59. The van der Waals surface area contributed by atoms with Crippen LogP contribution < -0.4 is 0 Å². The molecule has 0 aromatic heterocycles. The van der Waals surface area contributed by atoms with Gasteiger partial charge in [-0.3, -0.25) is 4.79 Å². The molecule has 0 heterocycles. The Morgan fingerprint density at radius 2 is 1.79 bits per heavy atom. The molecule has 0 saturated heterocycles. The maximum Gasteiger partial charge on any atom is 0.329 e. The molecule has 24 heavy (non-hydrogen) atoms. The lowest BCUT2D eigenvalue weighted by Crippen LogP contribution is -2.46. The minimum absolute atomic E-state index is 0.0501. The molecule has 0 spiro atoms. The Labute approximate surface area is 146 Å². The number of hydrogen-bond acceptors (Lipinski definition) is 3. The molecule has 0 aliphatic carbocycles. The van der Waals surface area contributed by atoms with E-state index in [-0.39, 0.29) is 18.5 Å². The second-order valence-electron chi connectivity index (χ2n) is 6.54. The van der Waals surface area contributed by atoms with Crippen molar-refractivity contribution in [3.8, 4) is 0 Å². The van der Waals surface area contributed by atoms with Crippen LogP contribution in [0.2, 0.25) is 0 Å². The highest BCUT2D eigenvalue weighted by molar-refractivity contribution is 5.84. The molecule has 4 heteroatoms. The molecule has 0 radical (unpaired) electrons. The van der Waals surface area contributed by atoms with Crippen LogP contribution in [0.4, 0.5) is 0 Å². The van der Waals surface area contributed by atoms with Crippen LogP contribution in [0.1, 0.15) is 58.9 Å².